The number of nitro benzene ring substituents is 1. The van der Waals surface area contributed by atoms with Gasteiger partial charge in [-0.3, -0.25) is 14.9 Å². The Bertz CT molecular complexity index is 1590. The Balaban J connectivity index is 1.44. The molecule has 0 bridgehead atoms. The SMILES string of the molecule is COc1cc(C=Nn2c(C3CCCCC3)nc3ccccc3c2=O)c(Br)cc1OCc1ccc([N+](=O)[O-])cc1. The van der Waals surface area contributed by atoms with Crippen LogP contribution in [0.25, 0.3) is 10.9 Å². The van der Waals surface area contributed by atoms with Crippen molar-refractivity contribution < 1.29 is 14.4 Å². The molecule has 0 amide bonds. The number of ether oxygens (including phenoxy) is 2. The second-order valence-electron chi connectivity index (χ2n) is 9.42. The maximum absolute atomic E-state index is 13.5. The molecule has 5 rings (SSSR count). The third kappa shape index (κ3) is 5.85. The summed E-state index contributed by atoms with van der Waals surface area (Å²) >= 11 is 3.58. The third-order valence-electron chi connectivity index (χ3n) is 6.89. The number of hydrogen-bond donors (Lipinski definition) is 0. The molecule has 200 valence electrons. The molecule has 0 atom stereocenters. The van der Waals surface area contributed by atoms with Crippen molar-refractivity contribution >= 4 is 38.7 Å². The summed E-state index contributed by atoms with van der Waals surface area (Å²) in [5, 5.41) is 16.0. The standard InChI is InChI=1S/C29H27BrN4O5/c1-38-26-15-21(24(30)16-27(26)39-18-19-11-13-22(14-12-19)34(36)37)17-31-33-28(20-7-3-2-4-8-20)32-25-10-6-5-9-23(25)29(33)35/h5-6,9-17,20H,2-4,7-8,18H2,1H3. The summed E-state index contributed by atoms with van der Waals surface area (Å²) in [5.74, 6) is 1.85. The van der Waals surface area contributed by atoms with Gasteiger partial charge < -0.3 is 9.47 Å². The highest BCUT2D eigenvalue weighted by Gasteiger charge is 2.22. The van der Waals surface area contributed by atoms with E-state index in [2.05, 4.69) is 21.0 Å². The van der Waals surface area contributed by atoms with Gasteiger partial charge in [-0.05, 0) is 70.7 Å². The molecule has 0 radical (unpaired) electrons. The van der Waals surface area contributed by atoms with E-state index >= 15 is 0 Å². The highest BCUT2D eigenvalue weighted by molar-refractivity contribution is 9.10. The highest BCUT2D eigenvalue weighted by Crippen LogP contribution is 2.34. The van der Waals surface area contributed by atoms with Gasteiger partial charge >= 0.3 is 0 Å². The van der Waals surface area contributed by atoms with Crippen LogP contribution in [-0.4, -0.2) is 27.9 Å². The summed E-state index contributed by atoms with van der Waals surface area (Å²) in [6, 6.07) is 17.1. The van der Waals surface area contributed by atoms with Gasteiger partial charge in [-0.25, -0.2) is 4.98 Å². The second kappa shape index (κ2) is 11.8. The molecule has 0 aliphatic heterocycles. The van der Waals surface area contributed by atoms with Gasteiger partial charge in [-0.15, -0.1) is 0 Å². The van der Waals surface area contributed by atoms with Gasteiger partial charge in [0, 0.05) is 28.1 Å². The average molecular weight is 591 g/mol. The first-order valence-corrected chi connectivity index (χ1v) is 13.5. The molecule has 1 aliphatic rings. The zero-order chi connectivity index (χ0) is 27.4. The number of para-hydroxylation sites is 1. The third-order valence-corrected chi connectivity index (χ3v) is 7.57. The number of non-ortho nitro benzene ring substituents is 1. The molecule has 1 aliphatic carbocycles. The molecular weight excluding hydrogens is 564 g/mol. The molecule has 1 saturated carbocycles. The van der Waals surface area contributed by atoms with Crippen LogP contribution in [-0.2, 0) is 6.61 Å². The smallest absolute Gasteiger partial charge is 0.282 e. The molecule has 1 heterocycles. The van der Waals surface area contributed by atoms with E-state index in [9.17, 15) is 14.9 Å². The Kier molecular flexibility index (Phi) is 8.02. The lowest BCUT2D eigenvalue weighted by atomic mass is 9.88. The van der Waals surface area contributed by atoms with Gasteiger partial charge in [-0.1, -0.05) is 31.4 Å². The summed E-state index contributed by atoms with van der Waals surface area (Å²) in [5.41, 5.74) is 2.00. The number of benzene rings is 3. The van der Waals surface area contributed by atoms with Crippen LogP contribution in [0.5, 0.6) is 11.5 Å². The minimum Gasteiger partial charge on any atom is -0.493 e. The highest BCUT2D eigenvalue weighted by atomic mass is 79.9. The van der Waals surface area contributed by atoms with E-state index in [4.69, 9.17) is 14.5 Å². The summed E-state index contributed by atoms with van der Waals surface area (Å²) in [7, 11) is 1.54. The van der Waals surface area contributed by atoms with Crippen molar-refractivity contribution in [2.24, 2.45) is 5.10 Å². The van der Waals surface area contributed by atoms with E-state index in [-0.39, 0.29) is 23.8 Å². The quantitative estimate of drug-likeness (QED) is 0.130. The molecular formula is C29H27BrN4O5. The van der Waals surface area contributed by atoms with Gasteiger partial charge in [0.05, 0.1) is 29.2 Å². The van der Waals surface area contributed by atoms with Gasteiger partial charge in [0.2, 0.25) is 0 Å². The van der Waals surface area contributed by atoms with Crippen LogP contribution in [0.15, 0.2) is 75.0 Å². The summed E-state index contributed by atoms with van der Waals surface area (Å²) in [6.45, 7) is 0.205. The van der Waals surface area contributed by atoms with Crippen molar-refractivity contribution in [2.45, 2.75) is 44.6 Å². The Hall–Kier alpha value is -4.05. The minimum atomic E-state index is -0.439. The zero-order valence-corrected chi connectivity index (χ0v) is 23.0. The Morgan fingerprint density at radius 1 is 1.10 bits per heavy atom. The molecule has 0 unspecified atom stereocenters. The van der Waals surface area contributed by atoms with Crippen molar-refractivity contribution in [2.75, 3.05) is 7.11 Å². The Labute approximate surface area is 233 Å². The van der Waals surface area contributed by atoms with Gasteiger partial charge in [0.15, 0.2) is 11.5 Å². The Morgan fingerprint density at radius 3 is 2.56 bits per heavy atom. The fourth-order valence-electron chi connectivity index (χ4n) is 4.79. The predicted molar refractivity (Wildman–Crippen MR) is 153 cm³/mol. The largest absolute Gasteiger partial charge is 0.493 e. The van der Waals surface area contributed by atoms with Crippen molar-refractivity contribution in [3.05, 3.63) is 103 Å². The summed E-state index contributed by atoms with van der Waals surface area (Å²) < 4.78 is 13.6. The maximum Gasteiger partial charge on any atom is 0.282 e. The van der Waals surface area contributed by atoms with E-state index in [1.807, 2.05) is 18.2 Å². The van der Waals surface area contributed by atoms with Crippen molar-refractivity contribution in [1.29, 1.82) is 0 Å². The van der Waals surface area contributed by atoms with E-state index in [0.29, 0.717) is 38.3 Å². The van der Waals surface area contributed by atoms with E-state index in [0.717, 1.165) is 31.2 Å². The van der Waals surface area contributed by atoms with Gasteiger partial charge in [0.1, 0.15) is 12.4 Å². The molecule has 1 fully saturated rings. The number of methoxy groups -OCH3 is 1. The minimum absolute atomic E-state index is 0.0232. The monoisotopic (exact) mass is 590 g/mol. The first-order chi connectivity index (χ1) is 18.9. The molecule has 39 heavy (non-hydrogen) atoms. The van der Waals surface area contributed by atoms with Crippen LogP contribution in [0.1, 0.15) is 55.0 Å². The number of rotatable bonds is 8. The van der Waals surface area contributed by atoms with Crippen molar-refractivity contribution in [1.82, 2.24) is 9.66 Å². The van der Waals surface area contributed by atoms with Crippen LogP contribution >= 0.6 is 15.9 Å². The number of aromatic nitrogens is 2. The van der Waals surface area contributed by atoms with Crippen LogP contribution in [0, 0.1) is 10.1 Å². The first-order valence-electron chi connectivity index (χ1n) is 12.7. The van der Waals surface area contributed by atoms with Crippen LogP contribution < -0.4 is 15.0 Å². The number of fused-ring (bicyclic) bond motifs is 1. The van der Waals surface area contributed by atoms with Crippen molar-refractivity contribution in [3.8, 4) is 11.5 Å². The molecule has 0 saturated heterocycles. The second-order valence-corrected chi connectivity index (χ2v) is 10.3. The normalized spacial score (nSPS) is 14.1. The predicted octanol–water partition coefficient (Wildman–Crippen LogP) is 6.58. The first kappa shape index (κ1) is 26.6. The van der Waals surface area contributed by atoms with E-state index in [1.54, 1.807) is 43.7 Å². The molecule has 10 heteroatoms. The van der Waals surface area contributed by atoms with E-state index < -0.39 is 4.92 Å². The molecule has 9 nitrogen and oxygen atoms in total. The zero-order valence-electron chi connectivity index (χ0n) is 21.4. The van der Waals surface area contributed by atoms with Crippen molar-refractivity contribution in [3.63, 3.8) is 0 Å². The van der Waals surface area contributed by atoms with E-state index in [1.165, 1.54) is 23.2 Å². The topological polar surface area (TPSA) is 109 Å². The lowest BCUT2D eigenvalue weighted by molar-refractivity contribution is -0.384. The fourth-order valence-corrected chi connectivity index (χ4v) is 5.22. The number of hydrogen-bond acceptors (Lipinski definition) is 7. The molecule has 4 aromatic rings. The number of nitrogens with zero attached hydrogens (tertiary/aromatic N) is 4. The lowest BCUT2D eigenvalue weighted by Gasteiger charge is -2.22. The lowest BCUT2D eigenvalue weighted by Crippen LogP contribution is -2.25. The molecule has 0 N–H and O–H groups in total. The van der Waals surface area contributed by atoms with Crippen LogP contribution in [0.2, 0.25) is 0 Å². The van der Waals surface area contributed by atoms with Crippen LogP contribution in [0.3, 0.4) is 0 Å². The maximum atomic E-state index is 13.5. The summed E-state index contributed by atoms with van der Waals surface area (Å²) in [6.07, 6.45) is 7.01. The average Bonchev–Trinajstić information content (AvgIpc) is 2.96. The number of halogens is 1. The molecule has 3 aromatic carbocycles. The van der Waals surface area contributed by atoms with Gasteiger partial charge in [-0.2, -0.15) is 9.78 Å². The number of nitro groups is 1. The van der Waals surface area contributed by atoms with Gasteiger partial charge in [0.25, 0.3) is 11.2 Å². The van der Waals surface area contributed by atoms with Crippen LogP contribution in [0.4, 0.5) is 5.69 Å². The fraction of sp³-hybridized carbons (Fsp3) is 0.276. The summed E-state index contributed by atoms with van der Waals surface area (Å²) in [4.78, 5) is 28.8. The molecule has 1 aromatic heterocycles. The molecule has 0 spiro atoms. The Morgan fingerprint density at radius 2 is 1.85 bits per heavy atom.